The lowest BCUT2D eigenvalue weighted by molar-refractivity contribution is 0.0594. The van der Waals surface area contributed by atoms with Crippen LogP contribution in [-0.4, -0.2) is 49.0 Å². The zero-order valence-electron chi connectivity index (χ0n) is 19.0. The van der Waals surface area contributed by atoms with Crippen LogP contribution in [0.2, 0.25) is 0 Å². The summed E-state index contributed by atoms with van der Waals surface area (Å²) in [5.41, 5.74) is 2.28. The molecular weight excluding hydrogens is 416 g/mol. The van der Waals surface area contributed by atoms with E-state index in [1.807, 2.05) is 53.4 Å². The molecule has 1 saturated heterocycles. The third-order valence-electron chi connectivity index (χ3n) is 5.78. The van der Waals surface area contributed by atoms with Gasteiger partial charge in [0.1, 0.15) is 23.9 Å². The summed E-state index contributed by atoms with van der Waals surface area (Å²) in [5, 5.41) is 0. The van der Waals surface area contributed by atoms with Gasteiger partial charge in [0.05, 0.1) is 7.11 Å². The summed E-state index contributed by atoms with van der Waals surface area (Å²) in [5.74, 6) is 2.57. The number of ether oxygens (including phenoxy) is 2. The van der Waals surface area contributed by atoms with E-state index in [0.29, 0.717) is 24.6 Å². The smallest absolute Gasteiger partial charge is 0.289 e. The lowest BCUT2D eigenvalue weighted by Crippen LogP contribution is -2.48. The normalized spacial score (nSPS) is 14.2. The van der Waals surface area contributed by atoms with Gasteiger partial charge in [-0.05, 0) is 47.9 Å². The maximum Gasteiger partial charge on any atom is 0.289 e. The Balaban J connectivity index is 1.28. The molecule has 2 aromatic carbocycles. The van der Waals surface area contributed by atoms with Crippen molar-refractivity contribution >= 4 is 5.91 Å². The Hall–Kier alpha value is -3.51. The van der Waals surface area contributed by atoms with Crippen LogP contribution in [0.5, 0.6) is 11.5 Å². The standard InChI is InChI=1S/C27H30N2O4/c1-3-7-22-9-4-5-11-25(22)32-20-24-12-13-26(33-24)27(30)29-16-14-28(15-17-29)19-21-8-6-10-23(18-21)31-2/h3-6,8-13,18H,1,7,14-17,19-20H2,2H3. The number of furan rings is 1. The van der Waals surface area contributed by atoms with Gasteiger partial charge in [-0.1, -0.05) is 36.4 Å². The quantitative estimate of drug-likeness (QED) is 0.451. The number of hydrogen-bond donors (Lipinski definition) is 0. The number of carbonyl (C=O) groups is 1. The second kappa shape index (κ2) is 10.9. The van der Waals surface area contributed by atoms with E-state index in [-0.39, 0.29) is 12.5 Å². The van der Waals surface area contributed by atoms with Gasteiger partial charge < -0.3 is 18.8 Å². The number of nitrogens with zero attached hydrogens (tertiary/aromatic N) is 2. The van der Waals surface area contributed by atoms with E-state index >= 15 is 0 Å². The van der Waals surface area contributed by atoms with Crippen LogP contribution in [0.4, 0.5) is 0 Å². The van der Waals surface area contributed by atoms with Gasteiger partial charge in [0.15, 0.2) is 5.76 Å². The van der Waals surface area contributed by atoms with Crippen LogP contribution in [0.1, 0.15) is 27.4 Å². The summed E-state index contributed by atoms with van der Waals surface area (Å²) in [6, 6.07) is 19.5. The molecule has 6 heteroatoms. The fourth-order valence-electron chi connectivity index (χ4n) is 3.98. The third-order valence-corrected chi connectivity index (χ3v) is 5.78. The lowest BCUT2D eigenvalue weighted by atomic mass is 10.1. The molecule has 2 heterocycles. The average Bonchev–Trinajstić information content (AvgIpc) is 3.33. The van der Waals surface area contributed by atoms with Crippen LogP contribution in [0.25, 0.3) is 0 Å². The van der Waals surface area contributed by atoms with Crippen LogP contribution < -0.4 is 9.47 Å². The van der Waals surface area contributed by atoms with Crippen molar-refractivity contribution in [3.8, 4) is 11.5 Å². The molecule has 1 fully saturated rings. The van der Waals surface area contributed by atoms with E-state index in [2.05, 4.69) is 23.6 Å². The first-order valence-electron chi connectivity index (χ1n) is 11.2. The molecule has 0 N–H and O–H groups in total. The number of para-hydroxylation sites is 1. The van der Waals surface area contributed by atoms with E-state index < -0.39 is 0 Å². The van der Waals surface area contributed by atoms with Gasteiger partial charge in [-0.15, -0.1) is 6.58 Å². The summed E-state index contributed by atoms with van der Waals surface area (Å²) < 4.78 is 17.0. The first-order valence-corrected chi connectivity index (χ1v) is 11.2. The molecule has 1 amide bonds. The van der Waals surface area contributed by atoms with Crippen LogP contribution >= 0.6 is 0 Å². The van der Waals surface area contributed by atoms with Crippen molar-refractivity contribution in [2.24, 2.45) is 0 Å². The van der Waals surface area contributed by atoms with Crippen LogP contribution in [0.15, 0.2) is 77.7 Å². The second-order valence-electron chi connectivity index (χ2n) is 8.08. The number of allylic oxidation sites excluding steroid dienone is 1. The minimum absolute atomic E-state index is 0.0747. The third kappa shape index (κ3) is 5.84. The van der Waals surface area contributed by atoms with E-state index in [9.17, 15) is 4.79 Å². The minimum Gasteiger partial charge on any atom is -0.497 e. The Morgan fingerprint density at radius 1 is 1.06 bits per heavy atom. The number of rotatable bonds is 9. The van der Waals surface area contributed by atoms with Gasteiger partial charge >= 0.3 is 0 Å². The highest BCUT2D eigenvalue weighted by Crippen LogP contribution is 2.21. The molecule has 0 unspecified atom stereocenters. The Morgan fingerprint density at radius 2 is 1.88 bits per heavy atom. The minimum atomic E-state index is -0.0747. The van der Waals surface area contributed by atoms with Crippen LogP contribution in [0, 0.1) is 0 Å². The number of piperazine rings is 1. The van der Waals surface area contributed by atoms with Crippen LogP contribution in [0.3, 0.4) is 0 Å². The van der Waals surface area contributed by atoms with Gasteiger partial charge in [0.25, 0.3) is 5.91 Å². The first-order chi connectivity index (χ1) is 16.2. The van der Waals surface area contributed by atoms with Crippen LogP contribution in [-0.2, 0) is 19.6 Å². The van der Waals surface area contributed by atoms with Crippen molar-refractivity contribution in [3.63, 3.8) is 0 Å². The maximum atomic E-state index is 12.9. The number of benzene rings is 2. The molecule has 33 heavy (non-hydrogen) atoms. The molecule has 4 rings (SSSR count). The SMILES string of the molecule is C=CCc1ccccc1OCc1ccc(C(=O)N2CCN(Cc3cccc(OC)c3)CC2)o1. The van der Waals surface area contributed by atoms with Gasteiger partial charge in [0.2, 0.25) is 0 Å². The highest BCUT2D eigenvalue weighted by molar-refractivity contribution is 5.91. The Bertz CT molecular complexity index is 1080. The number of methoxy groups -OCH3 is 1. The van der Waals surface area contributed by atoms with E-state index in [1.54, 1.807) is 13.2 Å². The van der Waals surface area contributed by atoms with E-state index in [4.69, 9.17) is 13.9 Å². The first kappa shape index (κ1) is 22.7. The van der Waals surface area contributed by atoms with Gasteiger partial charge in [-0.2, -0.15) is 0 Å². The summed E-state index contributed by atoms with van der Waals surface area (Å²) in [6.07, 6.45) is 2.59. The molecule has 0 bridgehead atoms. The summed E-state index contributed by atoms with van der Waals surface area (Å²) in [6.45, 7) is 7.89. The van der Waals surface area contributed by atoms with Crippen molar-refractivity contribution in [2.75, 3.05) is 33.3 Å². The largest absolute Gasteiger partial charge is 0.497 e. The summed E-state index contributed by atoms with van der Waals surface area (Å²) >= 11 is 0. The predicted octanol–water partition coefficient (Wildman–Crippen LogP) is 4.55. The molecule has 1 aromatic heterocycles. The molecule has 6 nitrogen and oxygen atoms in total. The highest BCUT2D eigenvalue weighted by Gasteiger charge is 2.24. The summed E-state index contributed by atoms with van der Waals surface area (Å²) in [4.78, 5) is 17.1. The monoisotopic (exact) mass is 446 g/mol. The Kier molecular flexibility index (Phi) is 7.47. The molecule has 0 spiro atoms. The molecule has 0 radical (unpaired) electrons. The van der Waals surface area contributed by atoms with E-state index in [1.165, 1.54) is 5.56 Å². The van der Waals surface area contributed by atoms with Crippen molar-refractivity contribution in [1.29, 1.82) is 0 Å². The fourth-order valence-corrected chi connectivity index (χ4v) is 3.98. The molecule has 3 aromatic rings. The average molecular weight is 447 g/mol. The number of hydrogen-bond acceptors (Lipinski definition) is 5. The van der Waals surface area contributed by atoms with Gasteiger partial charge in [-0.25, -0.2) is 0 Å². The van der Waals surface area contributed by atoms with Crippen molar-refractivity contribution < 1.29 is 18.7 Å². The Morgan fingerprint density at radius 3 is 2.67 bits per heavy atom. The zero-order chi connectivity index (χ0) is 23.0. The molecule has 0 atom stereocenters. The van der Waals surface area contributed by atoms with Gasteiger partial charge in [-0.3, -0.25) is 9.69 Å². The molecule has 1 aliphatic rings. The number of amides is 1. The van der Waals surface area contributed by atoms with Crippen molar-refractivity contribution in [1.82, 2.24) is 9.80 Å². The number of carbonyl (C=O) groups excluding carboxylic acids is 1. The molecule has 0 saturated carbocycles. The Labute approximate surface area is 195 Å². The van der Waals surface area contributed by atoms with Crippen molar-refractivity contribution in [2.45, 2.75) is 19.6 Å². The maximum absolute atomic E-state index is 12.9. The predicted molar refractivity (Wildman–Crippen MR) is 128 cm³/mol. The van der Waals surface area contributed by atoms with E-state index in [0.717, 1.165) is 43.1 Å². The molecular formula is C27H30N2O4. The second-order valence-corrected chi connectivity index (χ2v) is 8.08. The summed E-state index contributed by atoms with van der Waals surface area (Å²) in [7, 11) is 1.68. The lowest BCUT2D eigenvalue weighted by Gasteiger charge is -2.34. The zero-order valence-corrected chi connectivity index (χ0v) is 19.0. The van der Waals surface area contributed by atoms with Gasteiger partial charge in [0, 0.05) is 32.7 Å². The molecule has 172 valence electrons. The van der Waals surface area contributed by atoms with Crippen molar-refractivity contribution in [3.05, 3.63) is 96.0 Å². The molecule has 1 aliphatic heterocycles. The highest BCUT2D eigenvalue weighted by atomic mass is 16.5. The fraction of sp³-hybridized carbons (Fsp3) is 0.296. The topological polar surface area (TPSA) is 55.2 Å². The molecule has 0 aliphatic carbocycles.